The van der Waals surface area contributed by atoms with E-state index in [-0.39, 0.29) is 5.97 Å². The van der Waals surface area contributed by atoms with E-state index in [2.05, 4.69) is 16.6 Å². The van der Waals surface area contributed by atoms with Crippen LogP contribution in [0.15, 0.2) is 12.2 Å². The van der Waals surface area contributed by atoms with Gasteiger partial charge in [0.2, 0.25) is 0 Å². The third-order valence-corrected chi connectivity index (χ3v) is 2.79. The van der Waals surface area contributed by atoms with Crippen molar-refractivity contribution in [3.63, 3.8) is 0 Å². The summed E-state index contributed by atoms with van der Waals surface area (Å²) in [6.07, 6.45) is 5.84. The molecule has 0 N–H and O–H groups in total. The molecule has 0 saturated carbocycles. The van der Waals surface area contributed by atoms with Gasteiger partial charge in [0, 0.05) is 6.08 Å². The summed E-state index contributed by atoms with van der Waals surface area (Å²) >= 11 is 0. The topological polar surface area (TPSA) is 29.5 Å². The molecule has 1 saturated heterocycles. The van der Waals surface area contributed by atoms with Crippen LogP contribution >= 0.6 is 0 Å². The maximum atomic E-state index is 10.9. The first-order valence-electron chi connectivity index (χ1n) is 5.24. The van der Waals surface area contributed by atoms with E-state index in [1.165, 1.54) is 7.11 Å². The summed E-state index contributed by atoms with van der Waals surface area (Å²) in [4.78, 5) is 13.3. The Kier molecular flexibility index (Phi) is 4.66. The molecular formula is C11H19NO2. The van der Waals surface area contributed by atoms with Crippen LogP contribution in [-0.2, 0) is 9.53 Å². The highest BCUT2D eigenvalue weighted by Crippen LogP contribution is 2.17. The first kappa shape index (κ1) is 11.2. The lowest BCUT2D eigenvalue weighted by atomic mass is 9.96. The van der Waals surface area contributed by atoms with Crippen LogP contribution in [0.5, 0.6) is 0 Å². The van der Waals surface area contributed by atoms with Gasteiger partial charge in [0.05, 0.1) is 7.11 Å². The third kappa shape index (κ3) is 3.50. The van der Waals surface area contributed by atoms with Crippen molar-refractivity contribution in [2.24, 2.45) is 5.92 Å². The molecule has 0 atom stereocenters. The molecular weight excluding hydrogens is 178 g/mol. The Morgan fingerprint density at radius 1 is 1.50 bits per heavy atom. The predicted octanol–water partition coefficient (Wildman–Crippen LogP) is 1.45. The van der Waals surface area contributed by atoms with Gasteiger partial charge in [-0.1, -0.05) is 13.0 Å². The van der Waals surface area contributed by atoms with Crippen molar-refractivity contribution in [3.8, 4) is 0 Å². The van der Waals surface area contributed by atoms with Gasteiger partial charge in [-0.05, 0) is 38.4 Å². The summed E-state index contributed by atoms with van der Waals surface area (Å²) in [5.41, 5.74) is 0. The van der Waals surface area contributed by atoms with Gasteiger partial charge in [-0.2, -0.15) is 0 Å². The lowest BCUT2D eigenvalue weighted by Crippen LogP contribution is -2.32. The molecule has 1 rings (SSSR count). The Balaban J connectivity index is 2.28. The molecule has 3 heteroatoms. The Morgan fingerprint density at radius 2 is 2.14 bits per heavy atom. The molecule has 1 fully saturated rings. The Hall–Kier alpha value is -0.830. The van der Waals surface area contributed by atoms with Gasteiger partial charge in [0.15, 0.2) is 0 Å². The van der Waals surface area contributed by atoms with Gasteiger partial charge in [0.25, 0.3) is 0 Å². The predicted molar refractivity (Wildman–Crippen MR) is 56.0 cm³/mol. The van der Waals surface area contributed by atoms with Crippen molar-refractivity contribution in [1.82, 2.24) is 4.90 Å². The minimum absolute atomic E-state index is 0.247. The van der Waals surface area contributed by atoms with Gasteiger partial charge in [-0.25, -0.2) is 4.79 Å². The number of ether oxygens (including phenoxy) is 1. The number of methoxy groups -OCH3 is 1. The van der Waals surface area contributed by atoms with Crippen LogP contribution in [0.25, 0.3) is 0 Å². The number of hydrogen-bond acceptors (Lipinski definition) is 3. The molecule has 0 amide bonds. The first-order valence-corrected chi connectivity index (χ1v) is 5.24. The van der Waals surface area contributed by atoms with Crippen molar-refractivity contribution in [2.75, 3.05) is 26.7 Å². The average molecular weight is 197 g/mol. The van der Waals surface area contributed by atoms with Crippen LogP contribution in [0.3, 0.4) is 0 Å². The van der Waals surface area contributed by atoms with Crippen LogP contribution < -0.4 is 0 Å². The van der Waals surface area contributed by atoms with Crippen molar-refractivity contribution in [1.29, 1.82) is 0 Å². The summed E-state index contributed by atoms with van der Waals surface area (Å²) in [7, 11) is 1.41. The molecule has 0 aromatic rings. The van der Waals surface area contributed by atoms with Crippen molar-refractivity contribution in [3.05, 3.63) is 12.2 Å². The second-order valence-corrected chi connectivity index (χ2v) is 3.65. The Labute approximate surface area is 85.7 Å². The molecule has 0 unspecified atom stereocenters. The number of carbonyl (C=O) groups excluding carboxylic acids is 1. The van der Waals surface area contributed by atoms with E-state index >= 15 is 0 Å². The molecule has 0 bridgehead atoms. The van der Waals surface area contributed by atoms with Gasteiger partial charge in [-0.15, -0.1) is 0 Å². The van der Waals surface area contributed by atoms with E-state index in [9.17, 15) is 4.79 Å². The highest BCUT2D eigenvalue weighted by atomic mass is 16.5. The fourth-order valence-electron chi connectivity index (χ4n) is 1.74. The largest absolute Gasteiger partial charge is 0.466 e. The molecule has 1 heterocycles. The summed E-state index contributed by atoms with van der Waals surface area (Å²) in [6, 6.07) is 0. The average Bonchev–Trinajstić information content (AvgIpc) is 2.26. The minimum Gasteiger partial charge on any atom is -0.466 e. The fraction of sp³-hybridized carbons (Fsp3) is 0.727. The molecule has 0 spiro atoms. The zero-order valence-electron chi connectivity index (χ0n) is 9.03. The fourth-order valence-corrected chi connectivity index (χ4v) is 1.74. The quantitative estimate of drug-likeness (QED) is 0.506. The Morgan fingerprint density at radius 3 is 2.64 bits per heavy atom. The number of esters is 1. The summed E-state index contributed by atoms with van der Waals surface area (Å²) in [5, 5.41) is 0. The Bertz CT molecular complexity index is 205. The van der Waals surface area contributed by atoms with Crippen LogP contribution in [0.1, 0.15) is 19.8 Å². The smallest absolute Gasteiger partial charge is 0.330 e. The number of rotatable bonds is 3. The second kappa shape index (κ2) is 5.81. The van der Waals surface area contributed by atoms with Crippen LogP contribution in [0.4, 0.5) is 0 Å². The normalized spacial score (nSPS) is 20.1. The van der Waals surface area contributed by atoms with Gasteiger partial charge in [0.1, 0.15) is 0 Å². The number of piperidine rings is 1. The van der Waals surface area contributed by atoms with Gasteiger partial charge >= 0.3 is 5.97 Å². The number of likely N-dealkylation sites (tertiary alicyclic amines) is 1. The zero-order valence-corrected chi connectivity index (χ0v) is 9.03. The summed E-state index contributed by atoms with van der Waals surface area (Å²) < 4.78 is 4.55. The number of allylic oxidation sites excluding steroid dienone is 1. The maximum Gasteiger partial charge on any atom is 0.330 e. The number of nitrogens with zero attached hydrogens (tertiary/aromatic N) is 1. The van der Waals surface area contributed by atoms with E-state index in [1.807, 2.05) is 6.08 Å². The van der Waals surface area contributed by atoms with Gasteiger partial charge < -0.3 is 9.64 Å². The van der Waals surface area contributed by atoms with Gasteiger partial charge in [-0.3, -0.25) is 0 Å². The lowest BCUT2D eigenvalue weighted by Gasteiger charge is -2.29. The summed E-state index contributed by atoms with van der Waals surface area (Å²) in [6.45, 7) is 5.61. The molecule has 80 valence electrons. The first-order chi connectivity index (χ1) is 6.76. The second-order valence-electron chi connectivity index (χ2n) is 3.65. The molecule has 0 aromatic carbocycles. The molecule has 0 aliphatic carbocycles. The maximum absolute atomic E-state index is 10.9. The monoisotopic (exact) mass is 197 g/mol. The molecule has 14 heavy (non-hydrogen) atoms. The van der Waals surface area contributed by atoms with Crippen LogP contribution in [0, 0.1) is 5.92 Å². The van der Waals surface area contributed by atoms with Crippen molar-refractivity contribution in [2.45, 2.75) is 19.8 Å². The lowest BCUT2D eigenvalue weighted by molar-refractivity contribution is -0.134. The van der Waals surface area contributed by atoms with E-state index in [0.717, 1.165) is 32.5 Å². The van der Waals surface area contributed by atoms with E-state index < -0.39 is 0 Å². The van der Waals surface area contributed by atoms with E-state index in [0.29, 0.717) is 5.92 Å². The third-order valence-electron chi connectivity index (χ3n) is 2.79. The van der Waals surface area contributed by atoms with Crippen LogP contribution in [0.2, 0.25) is 0 Å². The SMILES string of the molecule is CCN1CCC(/C=C\C(=O)OC)CC1. The molecule has 0 radical (unpaired) electrons. The highest BCUT2D eigenvalue weighted by Gasteiger charge is 2.15. The van der Waals surface area contributed by atoms with Crippen molar-refractivity contribution >= 4 is 5.97 Å². The van der Waals surface area contributed by atoms with Crippen LogP contribution in [-0.4, -0.2) is 37.6 Å². The molecule has 0 aromatic heterocycles. The summed E-state index contributed by atoms with van der Waals surface area (Å²) in [5.74, 6) is 0.305. The zero-order chi connectivity index (χ0) is 10.4. The van der Waals surface area contributed by atoms with E-state index in [1.54, 1.807) is 6.08 Å². The van der Waals surface area contributed by atoms with E-state index in [4.69, 9.17) is 0 Å². The number of carbonyl (C=O) groups is 1. The molecule has 1 aliphatic rings. The highest BCUT2D eigenvalue weighted by molar-refractivity contribution is 5.81. The molecule has 3 nitrogen and oxygen atoms in total. The standard InChI is InChI=1S/C11H19NO2/c1-3-12-8-6-10(7-9-12)4-5-11(13)14-2/h4-5,10H,3,6-9H2,1-2H3/b5-4-. The molecule has 1 aliphatic heterocycles. The minimum atomic E-state index is -0.247. The number of hydrogen-bond donors (Lipinski definition) is 0. The van der Waals surface area contributed by atoms with Crippen molar-refractivity contribution < 1.29 is 9.53 Å².